The fourth-order valence-corrected chi connectivity index (χ4v) is 11.8. The average molecular weight is 861 g/mol. The summed E-state index contributed by atoms with van der Waals surface area (Å²) < 4.78 is 73.6. The normalized spacial score (nSPS) is 21.1. The van der Waals surface area contributed by atoms with Crippen LogP contribution in [-0.4, -0.2) is 82.6 Å². The van der Waals surface area contributed by atoms with E-state index in [1.54, 1.807) is 6.92 Å². The molecule has 1 saturated heterocycles. The van der Waals surface area contributed by atoms with Crippen LogP contribution >= 0.6 is 19.0 Å². The lowest BCUT2D eigenvalue weighted by Gasteiger charge is -2.30. The first-order valence-electron chi connectivity index (χ1n) is 19.0. The number of primary sulfonamides is 1. The third-order valence-corrected chi connectivity index (χ3v) is 15.4. The first-order chi connectivity index (χ1) is 26.3. The Morgan fingerprint density at radius 3 is 2.36 bits per heavy atom. The third kappa shape index (κ3) is 12.7. The van der Waals surface area contributed by atoms with E-state index in [-0.39, 0.29) is 52.9 Å². The molecule has 2 fully saturated rings. The number of amides is 1. The Morgan fingerprint density at radius 1 is 1.07 bits per heavy atom. The zero-order chi connectivity index (χ0) is 41.3. The van der Waals surface area contributed by atoms with E-state index >= 15 is 0 Å². The molecule has 15 nitrogen and oxygen atoms in total. The second kappa shape index (κ2) is 20.1. The van der Waals surface area contributed by atoms with Crippen molar-refractivity contribution in [1.82, 2.24) is 9.62 Å². The molecule has 4 atom stereocenters. The number of likely N-dealkylation sites (tertiary alicyclic amines) is 1. The number of ether oxygens (including phenoxy) is 1. The van der Waals surface area contributed by atoms with Gasteiger partial charge in [0.2, 0.25) is 39.6 Å². The van der Waals surface area contributed by atoms with Crippen LogP contribution in [0, 0.1) is 17.8 Å². The van der Waals surface area contributed by atoms with E-state index in [4.69, 9.17) is 26.0 Å². The lowest BCUT2D eigenvalue weighted by atomic mass is 9.79. The fourth-order valence-electron chi connectivity index (χ4n) is 7.22. The number of nitrogens with two attached hydrogens (primary N) is 1. The molecule has 1 amide bonds. The number of unbranched alkanes of at least 4 members (excludes halogenated alkanes) is 1. The second-order valence-electron chi connectivity index (χ2n) is 14.8. The minimum absolute atomic E-state index is 0.0143. The zero-order valence-electron chi connectivity index (χ0n) is 32.0. The van der Waals surface area contributed by atoms with Crippen LogP contribution in [0.2, 0.25) is 5.02 Å². The molecule has 1 saturated carbocycles. The van der Waals surface area contributed by atoms with E-state index in [1.807, 2.05) is 44.2 Å². The van der Waals surface area contributed by atoms with Gasteiger partial charge in [-0.3, -0.25) is 18.7 Å². The molecule has 2 aliphatic heterocycles. The van der Waals surface area contributed by atoms with Gasteiger partial charge < -0.3 is 20.1 Å². The Morgan fingerprint density at radius 2 is 1.75 bits per heavy atom. The maximum atomic E-state index is 14.2. The van der Waals surface area contributed by atoms with Crippen molar-refractivity contribution in [1.29, 1.82) is 0 Å². The van der Waals surface area contributed by atoms with E-state index in [1.165, 1.54) is 23.0 Å². The van der Waals surface area contributed by atoms with E-state index in [9.17, 15) is 40.9 Å². The summed E-state index contributed by atoms with van der Waals surface area (Å²) in [6.45, 7) is 5.69. The van der Waals surface area contributed by atoms with Crippen molar-refractivity contribution >= 4 is 62.5 Å². The predicted octanol–water partition coefficient (Wildman–Crippen LogP) is 5.77. The number of aliphatic carboxylic acids is 1. The highest BCUT2D eigenvalue weighted by Gasteiger charge is 2.44. The highest BCUT2D eigenvalue weighted by Crippen LogP contribution is 2.51. The monoisotopic (exact) mass is 860 g/mol. The van der Waals surface area contributed by atoms with Crippen LogP contribution in [0.4, 0.5) is 5.69 Å². The highest BCUT2D eigenvalue weighted by molar-refractivity contribution is 7.90. The number of carboxylic acids is 1. The lowest BCUT2D eigenvalue weighted by Crippen LogP contribution is -2.42. The number of nitrogens with zero attached hydrogens (tertiary/aromatic N) is 1. The van der Waals surface area contributed by atoms with Crippen LogP contribution in [0.3, 0.4) is 0 Å². The number of carbonyl (C=O) groups is 3. The van der Waals surface area contributed by atoms with Gasteiger partial charge in [-0.15, -0.1) is 0 Å². The van der Waals surface area contributed by atoms with Gasteiger partial charge in [0.05, 0.1) is 17.4 Å². The number of rotatable bonds is 15. The fraction of sp³-hybridized carbons (Fsp3) is 0.595. The molecule has 0 spiro atoms. The number of sulfonamides is 2. The van der Waals surface area contributed by atoms with Crippen LogP contribution in [0.5, 0.6) is 0 Å². The maximum Gasteiger partial charge on any atom is 0.326 e. The van der Waals surface area contributed by atoms with Crippen molar-refractivity contribution in [2.45, 2.75) is 107 Å². The molecule has 56 heavy (non-hydrogen) atoms. The van der Waals surface area contributed by atoms with Gasteiger partial charge in [0.1, 0.15) is 22.0 Å². The number of hydrogen-bond donors (Lipinski definition) is 4. The van der Waals surface area contributed by atoms with Gasteiger partial charge in [0.25, 0.3) is 0 Å². The van der Waals surface area contributed by atoms with E-state index in [2.05, 4.69) is 10.0 Å². The van der Waals surface area contributed by atoms with Crippen molar-refractivity contribution in [3.63, 3.8) is 0 Å². The van der Waals surface area contributed by atoms with Crippen molar-refractivity contribution in [3.8, 4) is 0 Å². The molecule has 2 aromatic rings. The zero-order valence-corrected chi connectivity index (χ0v) is 35.3. The molecule has 3 aliphatic rings. The quantitative estimate of drug-likeness (QED) is 0.0725. The first-order valence-corrected chi connectivity index (χ1v) is 24.4. The minimum atomic E-state index is -4.07. The standard InChI is InChI=1S/C30H46NO7P.C7H8ClN3O4S2/c1-4-28(33)37-30(22(2)3)38-39(36,18-12-11-15-23-13-7-5-8-14-23)21-27(32)31-20-25(19-26(31)29(34)35)24-16-9-6-10-17-24;8-4-1-5-7(2-6(4)16(9,12)13)17(14,15)11-3-10-5/h5,7-8,13-14,22,24-26,30H,4,6,9-12,15-21H2,1-3H3,(H,34,35);1-2,10-11H,3H2,(H2,9,12,13)/t25-,26+,30?,39-;/m1./s1. The highest BCUT2D eigenvalue weighted by atomic mass is 35.5. The predicted molar refractivity (Wildman–Crippen MR) is 212 cm³/mol. The van der Waals surface area contributed by atoms with Gasteiger partial charge in [0, 0.05) is 25.0 Å². The summed E-state index contributed by atoms with van der Waals surface area (Å²) in [4.78, 5) is 38.5. The molecule has 5 rings (SSSR count). The minimum Gasteiger partial charge on any atom is -0.480 e. The number of carboxylic acid groups (broad SMARTS) is 1. The molecule has 312 valence electrons. The summed E-state index contributed by atoms with van der Waals surface area (Å²) in [5.41, 5.74) is 1.41. The molecule has 0 radical (unpaired) electrons. The third-order valence-electron chi connectivity index (χ3n) is 10.2. The summed E-state index contributed by atoms with van der Waals surface area (Å²) in [5.74, 6) is -1.61. The molecule has 19 heteroatoms. The summed E-state index contributed by atoms with van der Waals surface area (Å²) >= 11 is 5.72. The van der Waals surface area contributed by atoms with E-state index in [0.29, 0.717) is 25.3 Å². The number of halogens is 1. The summed E-state index contributed by atoms with van der Waals surface area (Å²) in [6.07, 6.45) is 7.12. The molecule has 5 N–H and O–H groups in total. The molecule has 1 aliphatic carbocycles. The van der Waals surface area contributed by atoms with Crippen LogP contribution in [-0.2, 0) is 54.7 Å². The number of benzene rings is 2. The van der Waals surface area contributed by atoms with Crippen molar-refractivity contribution in [2.75, 3.05) is 30.9 Å². The van der Waals surface area contributed by atoms with Crippen molar-refractivity contribution in [2.24, 2.45) is 22.9 Å². The first kappa shape index (κ1) is 45.6. The molecule has 1 unspecified atom stereocenters. The van der Waals surface area contributed by atoms with Crippen LogP contribution < -0.4 is 15.2 Å². The van der Waals surface area contributed by atoms with Gasteiger partial charge in [-0.2, -0.15) is 4.72 Å². The maximum absolute atomic E-state index is 14.2. The molecular formula is C37H54ClN4O11PS2. The molecular weight excluding hydrogens is 807 g/mol. The van der Waals surface area contributed by atoms with Crippen molar-refractivity contribution < 1.29 is 50.2 Å². The Kier molecular flexibility index (Phi) is 16.4. The summed E-state index contributed by atoms with van der Waals surface area (Å²) in [5, 5.41) is 17.5. The molecule has 2 heterocycles. The SMILES string of the molecule is CCC(=O)OC(O[P@](=O)(CCCCc1ccccc1)CC(=O)N1C[C@H](C2CCCCC2)C[C@H]1C(=O)O)C(C)C.NS(=O)(=O)c1cc2c(cc1Cl)NCNS2(=O)=O. The number of aryl methyl sites for hydroxylation is 1. The molecule has 0 bridgehead atoms. The number of fused-ring (bicyclic) bond motifs is 1. The number of hydrogen-bond acceptors (Lipinski definition) is 11. The van der Waals surface area contributed by atoms with E-state index < -0.39 is 62.5 Å². The Bertz CT molecular complexity index is 1960. The van der Waals surface area contributed by atoms with Gasteiger partial charge in [-0.25, -0.2) is 26.8 Å². The Hall–Kier alpha value is -3.05. The number of carbonyl (C=O) groups excluding carboxylic acids is 2. The van der Waals surface area contributed by atoms with Gasteiger partial charge in [-0.05, 0) is 55.2 Å². The average Bonchev–Trinajstić information content (AvgIpc) is 3.60. The second-order valence-corrected chi connectivity index (χ2v) is 21.1. The number of esters is 1. The Balaban J connectivity index is 0.000000339. The smallest absolute Gasteiger partial charge is 0.326 e. The van der Waals surface area contributed by atoms with Crippen LogP contribution in [0.25, 0.3) is 0 Å². The van der Waals surface area contributed by atoms with Gasteiger partial charge in [0.15, 0.2) is 0 Å². The molecule has 2 aromatic carbocycles. The largest absolute Gasteiger partial charge is 0.480 e. The molecule has 0 aromatic heterocycles. The van der Waals surface area contributed by atoms with Crippen LogP contribution in [0.1, 0.15) is 84.1 Å². The van der Waals surface area contributed by atoms with Gasteiger partial charge in [-0.1, -0.05) is 94.8 Å². The number of nitrogens with one attached hydrogen (secondary N) is 2. The summed E-state index contributed by atoms with van der Waals surface area (Å²) in [7, 11) is -11.4. The van der Waals surface area contributed by atoms with Crippen molar-refractivity contribution in [3.05, 3.63) is 53.1 Å². The summed E-state index contributed by atoms with van der Waals surface area (Å²) in [6, 6.07) is 11.2. The topological polar surface area (TPSA) is 229 Å². The van der Waals surface area contributed by atoms with Gasteiger partial charge >= 0.3 is 11.9 Å². The van der Waals surface area contributed by atoms with E-state index in [0.717, 1.165) is 44.6 Å². The lowest BCUT2D eigenvalue weighted by molar-refractivity contribution is -0.169. The van der Waals surface area contributed by atoms with Crippen LogP contribution in [0.15, 0.2) is 52.3 Å². The number of anilines is 1. The Labute approximate surface area is 335 Å².